The van der Waals surface area contributed by atoms with Gasteiger partial charge in [0, 0.05) is 6.42 Å². The van der Waals surface area contributed by atoms with Crippen molar-refractivity contribution in [1.82, 2.24) is 20.2 Å². The van der Waals surface area contributed by atoms with Gasteiger partial charge in [0.25, 0.3) is 0 Å². The second kappa shape index (κ2) is 3.86. The van der Waals surface area contributed by atoms with Gasteiger partial charge in [-0.2, -0.15) is 4.68 Å². The second-order valence-electron chi connectivity index (χ2n) is 3.07. The summed E-state index contributed by atoms with van der Waals surface area (Å²) in [7, 11) is 0. The largest absolute Gasteiger partial charge is 0.397 e. The van der Waals surface area contributed by atoms with Crippen LogP contribution in [0.4, 0.5) is 5.69 Å². The average molecular weight is 224 g/mol. The topological polar surface area (TPSA) is 69.6 Å². The van der Waals surface area contributed by atoms with Crippen LogP contribution in [-0.4, -0.2) is 20.2 Å². The highest BCUT2D eigenvalue weighted by Gasteiger charge is 2.07. The van der Waals surface area contributed by atoms with Gasteiger partial charge in [-0.25, -0.2) is 0 Å². The number of hydrogen-bond acceptors (Lipinski definition) is 4. The van der Waals surface area contributed by atoms with Crippen molar-refractivity contribution in [1.29, 1.82) is 0 Å². The van der Waals surface area contributed by atoms with Crippen LogP contribution in [0.2, 0.25) is 5.02 Å². The molecule has 0 saturated carbocycles. The Hall–Kier alpha value is -1.62. The summed E-state index contributed by atoms with van der Waals surface area (Å²) in [4.78, 5) is 0. The minimum absolute atomic E-state index is 0.520. The van der Waals surface area contributed by atoms with Crippen LogP contribution in [0.1, 0.15) is 12.7 Å². The van der Waals surface area contributed by atoms with Gasteiger partial charge in [-0.05, 0) is 28.6 Å². The molecule has 5 nitrogen and oxygen atoms in total. The molecule has 0 amide bonds. The van der Waals surface area contributed by atoms with Gasteiger partial charge in [0.2, 0.25) is 0 Å². The van der Waals surface area contributed by atoms with Gasteiger partial charge in [0.05, 0.1) is 16.4 Å². The number of benzene rings is 1. The van der Waals surface area contributed by atoms with Crippen LogP contribution < -0.4 is 5.73 Å². The van der Waals surface area contributed by atoms with Crippen LogP contribution in [0.5, 0.6) is 0 Å². The highest BCUT2D eigenvalue weighted by molar-refractivity contribution is 6.33. The molecule has 2 aromatic rings. The molecular formula is C9H10ClN5. The number of aryl methyl sites for hydroxylation is 1. The number of nitrogens with zero attached hydrogens (tertiary/aromatic N) is 4. The minimum atomic E-state index is 0.520. The van der Waals surface area contributed by atoms with Crippen molar-refractivity contribution in [2.75, 3.05) is 5.73 Å². The summed E-state index contributed by atoms with van der Waals surface area (Å²) in [6.07, 6.45) is 0.759. The van der Waals surface area contributed by atoms with Crippen molar-refractivity contribution in [2.45, 2.75) is 13.3 Å². The lowest BCUT2D eigenvalue weighted by Gasteiger charge is -2.04. The van der Waals surface area contributed by atoms with E-state index in [0.717, 1.165) is 17.9 Å². The SMILES string of the molecule is CCc1nnnn1-c1ccc(Cl)c(N)c1. The lowest BCUT2D eigenvalue weighted by molar-refractivity contribution is 0.767. The molecule has 0 saturated heterocycles. The van der Waals surface area contributed by atoms with Crippen LogP contribution >= 0.6 is 11.6 Å². The van der Waals surface area contributed by atoms with E-state index in [9.17, 15) is 0 Å². The van der Waals surface area contributed by atoms with Gasteiger partial charge in [0.1, 0.15) is 0 Å². The minimum Gasteiger partial charge on any atom is -0.397 e. The number of tetrazole rings is 1. The third-order valence-corrected chi connectivity index (χ3v) is 2.42. The summed E-state index contributed by atoms with van der Waals surface area (Å²) in [6, 6.07) is 5.30. The van der Waals surface area contributed by atoms with E-state index in [1.807, 2.05) is 13.0 Å². The highest BCUT2D eigenvalue weighted by Crippen LogP contribution is 2.21. The number of halogens is 1. The van der Waals surface area contributed by atoms with Crippen LogP contribution in [0.15, 0.2) is 18.2 Å². The molecule has 1 aromatic carbocycles. The molecule has 0 unspecified atom stereocenters. The zero-order valence-electron chi connectivity index (χ0n) is 8.18. The van der Waals surface area contributed by atoms with Gasteiger partial charge in [-0.1, -0.05) is 18.5 Å². The summed E-state index contributed by atoms with van der Waals surface area (Å²) in [5.74, 6) is 0.789. The van der Waals surface area contributed by atoms with Crippen LogP contribution in [-0.2, 0) is 6.42 Å². The molecule has 0 aliphatic rings. The fourth-order valence-corrected chi connectivity index (χ4v) is 1.41. The summed E-state index contributed by atoms with van der Waals surface area (Å²) in [6.45, 7) is 1.99. The predicted octanol–water partition coefficient (Wildman–Crippen LogP) is 1.46. The molecule has 78 valence electrons. The van der Waals surface area contributed by atoms with Crippen molar-refractivity contribution in [3.8, 4) is 5.69 Å². The molecule has 2 rings (SSSR count). The zero-order chi connectivity index (χ0) is 10.8. The average Bonchev–Trinajstić information content (AvgIpc) is 2.70. The summed E-state index contributed by atoms with van der Waals surface area (Å²) in [5, 5.41) is 11.9. The first-order valence-corrected chi connectivity index (χ1v) is 4.93. The lowest BCUT2D eigenvalue weighted by Crippen LogP contribution is -2.02. The van der Waals surface area contributed by atoms with Gasteiger partial charge >= 0.3 is 0 Å². The number of rotatable bonds is 2. The van der Waals surface area contributed by atoms with Crippen molar-refractivity contribution in [3.05, 3.63) is 29.0 Å². The molecule has 0 aliphatic carbocycles. The van der Waals surface area contributed by atoms with E-state index in [1.54, 1.807) is 16.8 Å². The molecular weight excluding hydrogens is 214 g/mol. The maximum Gasteiger partial charge on any atom is 0.156 e. The Morgan fingerprint density at radius 3 is 2.93 bits per heavy atom. The van der Waals surface area contributed by atoms with Gasteiger partial charge in [-0.3, -0.25) is 0 Å². The fraction of sp³-hybridized carbons (Fsp3) is 0.222. The third kappa shape index (κ3) is 1.78. The van der Waals surface area contributed by atoms with E-state index >= 15 is 0 Å². The maximum atomic E-state index is 5.83. The zero-order valence-corrected chi connectivity index (χ0v) is 8.94. The van der Waals surface area contributed by atoms with Crippen LogP contribution in [0, 0.1) is 0 Å². The van der Waals surface area contributed by atoms with Gasteiger partial charge in [0.15, 0.2) is 5.82 Å². The Bertz CT molecular complexity index is 479. The second-order valence-corrected chi connectivity index (χ2v) is 3.47. The quantitative estimate of drug-likeness (QED) is 0.783. The van der Waals surface area contributed by atoms with Crippen molar-refractivity contribution < 1.29 is 0 Å². The Balaban J connectivity index is 2.50. The van der Waals surface area contributed by atoms with E-state index in [4.69, 9.17) is 17.3 Å². The maximum absolute atomic E-state index is 5.83. The van der Waals surface area contributed by atoms with Gasteiger partial charge < -0.3 is 5.73 Å². The third-order valence-electron chi connectivity index (χ3n) is 2.07. The molecule has 0 aliphatic heterocycles. The van der Waals surface area contributed by atoms with Gasteiger partial charge in [-0.15, -0.1) is 5.10 Å². The molecule has 0 spiro atoms. The Labute approximate surface area is 91.8 Å². The standard InChI is InChI=1S/C9H10ClN5/c1-2-9-12-13-14-15(9)6-3-4-7(10)8(11)5-6/h3-5H,2,11H2,1H3. The molecule has 0 radical (unpaired) electrons. The van der Waals surface area contributed by atoms with Crippen molar-refractivity contribution >= 4 is 17.3 Å². The molecule has 15 heavy (non-hydrogen) atoms. The van der Waals surface area contributed by atoms with E-state index in [2.05, 4.69) is 15.5 Å². The Morgan fingerprint density at radius 2 is 2.27 bits per heavy atom. The summed E-state index contributed by atoms with van der Waals surface area (Å²) >= 11 is 5.83. The first-order valence-electron chi connectivity index (χ1n) is 4.55. The van der Waals surface area contributed by atoms with Crippen LogP contribution in [0.25, 0.3) is 5.69 Å². The first kappa shape index (κ1) is 9.92. The van der Waals surface area contributed by atoms with Crippen molar-refractivity contribution in [2.24, 2.45) is 0 Å². The molecule has 0 atom stereocenters. The summed E-state index contributed by atoms with van der Waals surface area (Å²) < 4.78 is 1.65. The first-order chi connectivity index (χ1) is 7.22. The molecule has 1 heterocycles. The smallest absolute Gasteiger partial charge is 0.156 e. The van der Waals surface area contributed by atoms with Crippen molar-refractivity contribution in [3.63, 3.8) is 0 Å². The number of aromatic nitrogens is 4. The lowest BCUT2D eigenvalue weighted by atomic mass is 10.3. The van der Waals surface area contributed by atoms with E-state index < -0.39 is 0 Å². The molecule has 1 aromatic heterocycles. The van der Waals surface area contributed by atoms with Crippen LogP contribution in [0.3, 0.4) is 0 Å². The monoisotopic (exact) mass is 223 g/mol. The summed E-state index contributed by atoms with van der Waals surface area (Å²) in [5.41, 5.74) is 7.04. The molecule has 6 heteroatoms. The Kier molecular flexibility index (Phi) is 2.55. The van der Waals surface area contributed by atoms with E-state index in [-0.39, 0.29) is 0 Å². The van der Waals surface area contributed by atoms with E-state index in [0.29, 0.717) is 10.7 Å². The number of anilines is 1. The number of hydrogen-bond donors (Lipinski definition) is 1. The number of nitrogens with two attached hydrogens (primary N) is 1. The molecule has 2 N–H and O–H groups in total. The Morgan fingerprint density at radius 1 is 1.47 bits per heavy atom. The van der Waals surface area contributed by atoms with E-state index in [1.165, 1.54) is 0 Å². The highest BCUT2D eigenvalue weighted by atomic mass is 35.5. The molecule has 0 bridgehead atoms. The normalized spacial score (nSPS) is 10.5. The fourth-order valence-electron chi connectivity index (χ4n) is 1.29. The predicted molar refractivity (Wildman–Crippen MR) is 58.0 cm³/mol. The molecule has 0 fully saturated rings. The number of nitrogen functional groups attached to an aromatic ring is 1.